The van der Waals surface area contributed by atoms with Gasteiger partial charge in [-0.15, -0.1) is 22.7 Å². The van der Waals surface area contributed by atoms with Gasteiger partial charge < -0.3 is 0 Å². The van der Waals surface area contributed by atoms with Crippen molar-refractivity contribution < 1.29 is 0 Å². The van der Waals surface area contributed by atoms with Gasteiger partial charge in [0.1, 0.15) is 0 Å². The molecule has 0 atom stereocenters. The molecule has 25 heavy (non-hydrogen) atoms. The summed E-state index contributed by atoms with van der Waals surface area (Å²) in [6.07, 6.45) is 3.52. The topological polar surface area (TPSA) is 42.5 Å². The zero-order valence-corrected chi connectivity index (χ0v) is 14.8. The van der Waals surface area contributed by atoms with Gasteiger partial charge in [-0.3, -0.25) is 4.98 Å². The van der Waals surface area contributed by atoms with Crippen LogP contribution in [0.25, 0.3) is 10.6 Å². The molecule has 3 aromatic heterocycles. The number of para-hydroxylation sites is 1. The normalized spacial score (nSPS) is 12.1. The molecular formula is C19H14N4S2. The SMILES string of the molecule is C(=N/n1c(-c2cccs2)csc1=Nc1ccccc1)/c1ccccn1. The van der Waals surface area contributed by atoms with Crippen LogP contribution < -0.4 is 4.80 Å². The number of rotatable bonds is 4. The van der Waals surface area contributed by atoms with Gasteiger partial charge in [0, 0.05) is 11.6 Å². The summed E-state index contributed by atoms with van der Waals surface area (Å²) in [7, 11) is 0. The van der Waals surface area contributed by atoms with Gasteiger partial charge >= 0.3 is 0 Å². The van der Waals surface area contributed by atoms with Crippen LogP contribution in [0.15, 0.2) is 87.7 Å². The lowest BCUT2D eigenvalue weighted by atomic mass is 10.3. The van der Waals surface area contributed by atoms with Crippen molar-refractivity contribution in [3.8, 4) is 10.6 Å². The maximum atomic E-state index is 4.74. The predicted octanol–water partition coefficient (Wildman–Crippen LogP) is 4.79. The fourth-order valence-corrected chi connectivity index (χ4v) is 3.91. The molecule has 4 aromatic rings. The second kappa shape index (κ2) is 7.38. The van der Waals surface area contributed by atoms with E-state index in [1.165, 1.54) is 0 Å². The van der Waals surface area contributed by atoms with E-state index in [-0.39, 0.29) is 0 Å². The second-order valence-corrected chi connectivity index (χ2v) is 6.92. The first-order chi connectivity index (χ1) is 12.4. The molecule has 0 aliphatic carbocycles. The van der Waals surface area contributed by atoms with E-state index in [9.17, 15) is 0 Å². The van der Waals surface area contributed by atoms with Gasteiger partial charge in [-0.1, -0.05) is 30.3 Å². The smallest absolute Gasteiger partial charge is 0.211 e. The molecule has 3 heterocycles. The summed E-state index contributed by atoms with van der Waals surface area (Å²) in [6, 6.07) is 19.8. The Morgan fingerprint density at radius 1 is 0.920 bits per heavy atom. The van der Waals surface area contributed by atoms with Crippen molar-refractivity contribution in [2.45, 2.75) is 0 Å². The van der Waals surface area contributed by atoms with Gasteiger partial charge in [0.15, 0.2) is 0 Å². The quantitative estimate of drug-likeness (QED) is 0.481. The zero-order valence-electron chi connectivity index (χ0n) is 13.2. The number of hydrogen-bond donors (Lipinski definition) is 0. The Balaban J connectivity index is 1.83. The van der Waals surface area contributed by atoms with Crippen LogP contribution in [0.4, 0.5) is 5.69 Å². The Hall–Kier alpha value is -2.83. The summed E-state index contributed by atoms with van der Waals surface area (Å²) in [5, 5.41) is 8.79. The van der Waals surface area contributed by atoms with Crippen LogP contribution in [0.1, 0.15) is 5.69 Å². The second-order valence-electron chi connectivity index (χ2n) is 5.14. The molecule has 0 N–H and O–H groups in total. The highest BCUT2D eigenvalue weighted by Gasteiger charge is 2.08. The van der Waals surface area contributed by atoms with E-state index in [1.54, 1.807) is 35.1 Å². The first kappa shape index (κ1) is 15.7. The zero-order chi connectivity index (χ0) is 16.9. The molecular weight excluding hydrogens is 348 g/mol. The van der Waals surface area contributed by atoms with Crippen LogP contribution in [-0.2, 0) is 0 Å². The van der Waals surface area contributed by atoms with Crippen LogP contribution in [0.2, 0.25) is 0 Å². The van der Waals surface area contributed by atoms with E-state index in [4.69, 9.17) is 4.99 Å². The Morgan fingerprint density at radius 3 is 2.56 bits per heavy atom. The van der Waals surface area contributed by atoms with Crippen molar-refractivity contribution in [2.24, 2.45) is 10.1 Å². The molecule has 0 aliphatic heterocycles. The molecule has 0 spiro atoms. The summed E-state index contributed by atoms with van der Waals surface area (Å²) >= 11 is 3.26. The van der Waals surface area contributed by atoms with Crippen LogP contribution in [0, 0.1) is 0 Å². The van der Waals surface area contributed by atoms with E-state index in [1.807, 2.05) is 59.3 Å². The van der Waals surface area contributed by atoms with E-state index in [0.717, 1.165) is 26.8 Å². The minimum atomic E-state index is 0.809. The predicted molar refractivity (Wildman–Crippen MR) is 105 cm³/mol. The average molecular weight is 362 g/mol. The molecule has 0 fully saturated rings. The summed E-state index contributed by atoms with van der Waals surface area (Å²) in [5.74, 6) is 0. The van der Waals surface area contributed by atoms with Gasteiger partial charge in [0.25, 0.3) is 0 Å². The number of thiazole rings is 1. The van der Waals surface area contributed by atoms with Crippen molar-refractivity contribution in [1.82, 2.24) is 9.66 Å². The number of nitrogens with zero attached hydrogens (tertiary/aromatic N) is 4. The Kier molecular flexibility index (Phi) is 4.63. The fraction of sp³-hybridized carbons (Fsp3) is 0. The summed E-state index contributed by atoms with van der Waals surface area (Å²) < 4.78 is 1.87. The number of thiophene rings is 1. The summed E-state index contributed by atoms with van der Waals surface area (Å²) in [6.45, 7) is 0. The van der Waals surface area contributed by atoms with Crippen LogP contribution >= 0.6 is 22.7 Å². The molecule has 4 rings (SSSR count). The van der Waals surface area contributed by atoms with Crippen molar-refractivity contribution in [3.63, 3.8) is 0 Å². The lowest BCUT2D eigenvalue weighted by Crippen LogP contribution is -2.11. The lowest BCUT2D eigenvalue weighted by molar-refractivity contribution is 0.855. The average Bonchev–Trinajstić information content (AvgIpc) is 3.31. The minimum Gasteiger partial charge on any atom is -0.255 e. The van der Waals surface area contributed by atoms with Crippen LogP contribution in [0.5, 0.6) is 0 Å². The molecule has 0 saturated carbocycles. The molecule has 0 aliphatic rings. The molecule has 0 unspecified atom stereocenters. The molecule has 0 radical (unpaired) electrons. The highest BCUT2D eigenvalue weighted by atomic mass is 32.1. The minimum absolute atomic E-state index is 0.809. The maximum absolute atomic E-state index is 4.74. The Labute approximate surface area is 153 Å². The third-order valence-corrected chi connectivity index (χ3v) is 5.14. The standard InChI is InChI=1S/C19H14N4S2/c1-2-7-15(8-3-1)22-19-23(21-13-16-9-4-5-11-20-16)17(14-25-19)18-10-6-12-24-18/h1-14H/b21-13-,22-19?. The van der Waals surface area contributed by atoms with Gasteiger partial charge in [-0.05, 0) is 35.7 Å². The maximum Gasteiger partial charge on any atom is 0.211 e. The van der Waals surface area contributed by atoms with Crippen molar-refractivity contribution >= 4 is 34.6 Å². The first-order valence-corrected chi connectivity index (χ1v) is 9.46. The molecule has 0 amide bonds. The van der Waals surface area contributed by atoms with E-state index in [0.29, 0.717) is 0 Å². The number of pyridine rings is 1. The number of hydrogen-bond acceptors (Lipinski definition) is 5. The monoisotopic (exact) mass is 362 g/mol. The molecule has 1 aromatic carbocycles. The highest BCUT2D eigenvalue weighted by molar-refractivity contribution is 7.14. The van der Waals surface area contributed by atoms with E-state index >= 15 is 0 Å². The van der Waals surface area contributed by atoms with Crippen LogP contribution in [0.3, 0.4) is 0 Å². The Morgan fingerprint density at radius 2 is 1.80 bits per heavy atom. The lowest BCUT2D eigenvalue weighted by Gasteiger charge is -2.01. The molecule has 0 saturated heterocycles. The molecule has 122 valence electrons. The largest absolute Gasteiger partial charge is 0.255 e. The van der Waals surface area contributed by atoms with Gasteiger partial charge in [-0.2, -0.15) is 5.10 Å². The van der Waals surface area contributed by atoms with Gasteiger partial charge in [0.05, 0.1) is 28.2 Å². The van der Waals surface area contributed by atoms with Crippen molar-refractivity contribution in [3.05, 3.63) is 88.1 Å². The summed E-state index contributed by atoms with van der Waals surface area (Å²) in [4.78, 5) is 11.0. The number of benzene rings is 1. The van der Waals surface area contributed by atoms with Crippen molar-refractivity contribution in [1.29, 1.82) is 0 Å². The van der Waals surface area contributed by atoms with Gasteiger partial charge in [0.2, 0.25) is 4.80 Å². The van der Waals surface area contributed by atoms with Gasteiger partial charge in [-0.25, -0.2) is 9.67 Å². The summed E-state index contributed by atoms with van der Waals surface area (Å²) in [5.41, 5.74) is 2.75. The van der Waals surface area contributed by atoms with Crippen molar-refractivity contribution in [2.75, 3.05) is 0 Å². The van der Waals surface area contributed by atoms with E-state index in [2.05, 4.69) is 26.9 Å². The first-order valence-electron chi connectivity index (χ1n) is 7.70. The third-order valence-electron chi connectivity index (χ3n) is 3.43. The molecule has 6 heteroatoms. The molecule has 4 nitrogen and oxygen atoms in total. The fourth-order valence-electron chi connectivity index (χ4n) is 2.27. The third kappa shape index (κ3) is 3.65. The number of aromatic nitrogens is 2. The van der Waals surface area contributed by atoms with E-state index < -0.39 is 0 Å². The highest BCUT2D eigenvalue weighted by Crippen LogP contribution is 2.25. The molecule has 0 bridgehead atoms. The Bertz CT molecular complexity index is 1030. The van der Waals surface area contributed by atoms with Crippen LogP contribution in [-0.4, -0.2) is 15.9 Å².